The molecule has 2 aliphatic rings. The number of nitrogens with two attached hydrogens (primary N) is 1. The number of benzene rings is 2. The maximum absolute atomic E-state index is 12.9. The molecule has 0 aliphatic carbocycles. The summed E-state index contributed by atoms with van der Waals surface area (Å²) in [5, 5.41) is 5.85. The standard InChI is InChI=1S/C16H12N6O/c17-14-20-15-19-11-7-3-4-8-12(11)22(15)16(21-14)9-5-1-2-6-10(9)18-13(16)23/h1-8H,(H,18,23)(H3,17,19,20,21). The van der Waals surface area contributed by atoms with E-state index in [0.29, 0.717) is 5.95 Å². The Morgan fingerprint density at radius 1 is 1.04 bits per heavy atom. The largest absolute Gasteiger partial charge is 0.370 e. The molecule has 0 saturated carbocycles. The number of hydrogen-bond donors (Lipinski definition) is 3. The molecule has 2 aliphatic heterocycles. The predicted octanol–water partition coefficient (Wildman–Crippen LogP) is 1.43. The Labute approximate surface area is 130 Å². The topological polar surface area (TPSA) is 97.3 Å². The first-order chi connectivity index (χ1) is 11.2. The molecule has 0 bridgehead atoms. The number of aromatic nitrogens is 2. The van der Waals surface area contributed by atoms with E-state index < -0.39 is 5.66 Å². The lowest BCUT2D eigenvalue weighted by atomic mass is 10.00. The molecule has 1 unspecified atom stereocenters. The summed E-state index contributed by atoms with van der Waals surface area (Å²) in [6, 6.07) is 15.1. The number of aliphatic imine (C=N–C) groups is 1. The van der Waals surface area contributed by atoms with Crippen molar-refractivity contribution in [3.63, 3.8) is 0 Å². The number of carbonyl (C=O) groups excluding carboxylic acids is 1. The SMILES string of the molecule is NC1=NC2(C(=O)Nc3ccccc32)n2c(nc3ccccc32)N1. The van der Waals surface area contributed by atoms with Crippen molar-refractivity contribution < 1.29 is 4.79 Å². The summed E-state index contributed by atoms with van der Waals surface area (Å²) in [5.41, 5.74) is 7.78. The van der Waals surface area contributed by atoms with Crippen molar-refractivity contribution in [2.75, 3.05) is 10.6 Å². The van der Waals surface area contributed by atoms with Gasteiger partial charge in [-0.05, 0) is 18.2 Å². The number of amides is 1. The summed E-state index contributed by atoms with van der Waals surface area (Å²) >= 11 is 0. The van der Waals surface area contributed by atoms with Crippen LogP contribution in [0, 0.1) is 0 Å². The first kappa shape index (κ1) is 12.2. The summed E-state index contributed by atoms with van der Waals surface area (Å²) in [6.07, 6.45) is 0. The van der Waals surface area contributed by atoms with Gasteiger partial charge in [0.15, 0.2) is 5.96 Å². The third-order valence-corrected chi connectivity index (χ3v) is 4.27. The van der Waals surface area contributed by atoms with E-state index in [0.717, 1.165) is 22.3 Å². The van der Waals surface area contributed by atoms with Crippen LogP contribution in [0.15, 0.2) is 53.5 Å². The summed E-state index contributed by atoms with van der Waals surface area (Å²) in [4.78, 5) is 21.9. The summed E-state index contributed by atoms with van der Waals surface area (Å²) in [5.74, 6) is 0.428. The molecule has 1 aromatic heterocycles. The summed E-state index contributed by atoms with van der Waals surface area (Å²) in [7, 11) is 0. The molecule has 23 heavy (non-hydrogen) atoms. The lowest BCUT2D eigenvalue weighted by Crippen LogP contribution is -2.47. The molecule has 1 amide bonds. The molecule has 112 valence electrons. The van der Waals surface area contributed by atoms with Gasteiger partial charge in [0.25, 0.3) is 5.91 Å². The number of nitrogens with one attached hydrogen (secondary N) is 2. The average molecular weight is 304 g/mol. The van der Waals surface area contributed by atoms with E-state index in [9.17, 15) is 4.79 Å². The monoisotopic (exact) mass is 304 g/mol. The molecule has 4 N–H and O–H groups in total. The Morgan fingerprint density at radius 3 is 2.74 bits per heavy atom. The number of rotatable bonds is 0. The Morgan fingerprint density at radius 2 is 1.83 bits per heavy atom. The number of hydrogen-bond acceptors (Lipinski definition) is 5. The maximum Gasteiger partial charge on any atom is 0.278 e. The number of fused-ring (bicyclic) bond motifs is 6. The quantitative estimate of drug-likeness (QED) is 0.585. The molecule has 1 atom stereocenters. The van der Waals surface area contributed by atoms with Gasteiger partial charge >= 0.3 is 0 Å². The highest BCUT2D eigenvalue weighted by Gasteiger charge is 2.52. The van der Waals surface area contributed by atoms with Crippen molar-refractivity contribution in [1.29, 1.82) is 0 Å². The zero-order valence-electron chi connectivity index (χ0n) is 11.9. The molecular formula is C16H12N6O. The molecule has 7 heteroatoms. The van der Waals surface area contributed by atoms with E-state index in [1.54, 1.807) is 4.57 Å². The summed E-state index contributed by atoms with van der Waals surface area (Å²) in [6.45, 7) is 0. The normalized spacial score (nSPS) is 21.6. The van der Waals surface area contributed by atoms with E-state index in [1.165, 1.54) is 0 Å². The Bertz CT molecular complexity index is 1020. The Kier molecular flexibility index (Phi) is 2.07. The zero-order chi connectivity index (χ0) is 15.6. The highest BCUT2D eigenvalue weighted by molar-refractivity contribution is 6.10. The van der Waals surface area contributed by atoms with Crippen LogP contribution in [-0.4, -0.2) is 21.4 Å². The van der Waals surface area contributed by atoms with E-state index in [1.807, 2.05) is 48.5 Å². The van der Waals surface area contributed by atoms with Crippen molar-refractivity contribution in [3.8, 4) is 0 Å². The fourth-order valence-electron chi connectivity index (χ4n) is 3.37. The minimum atomic E-state index is -1.27. The second kappa shape index (κ2) is 3.89. The molecule has 2 aromatic carbocycles. The molecule has 7 nitrogen and oxygen atoms in total. The molecule has 0 fully saturated rings. The van der Waals surface area contributed by atoms with E-state index >= 15 is 0 Å². The third kappa shape index (κ3) is 1.36. The van der Waals surface area contributed by atoms with Crippen LogP contribution in [0.1, 0.15) is 5.56 Å². The smallest absolute Gasteiger partial charge is 0.278 e. The molecule has 0 radical (unpaired) electrons. The van der Waals surface area contributed by atoms with Gasteiger partial charge in [0.1, 0.15) is 0 Å². The predicted molar refractivity (Wildman–Crippen MR) is 87.1 cm³/mol. The van der Waals surface area contributed by atoms with Crippen molar-refractivity contribution in [2.45, 2.75) is 5.66 Å². The number of nitrogens with zero attached hydrogens (tertiary/aromatic N) is 3. The highest BCUT2D eigenvalue weighted by atomic mass is 16.2. The van der Waals surface area contributed by atoms with Gasteiger partial charge in [0.2, 0.25) is 11.6 Å². The van der Waals surface area contributed by atoms with Crippen LogP contribution in [0.25, 0.3) is 11.0 Å². The van der Waals surface area contributed by atoms with Gasteiger partial charge in [-0.1, -0.05) is 30.3 Å². The van der Waals surface area contributed by atoms with E-state index in [4.69, 9.17) is 5.73 Å². The second-order valence-electron chi connectivity index (χ2n) is 5.55. The van der Waals surface area contributed by atoms with Crippen LogP contribution >= 0.6 is 0 Å². The number of carbonyl (C=O) groups is 1. The van der Waals surface area contributed by atoms with Gasteiger partial charge in [-0.25, -0.2) is 9.98 Å². The van der Waals surface area contributed by atoms with Crippen molar-refractivity contribution in [3.05, 3.63) is 54.1 Å². The van der Waals surface area contributed by atoms with Crippen LogP contribution in [0.2, 0.25) is 0 Å². The van der Waals surface area contributed by atoms with Crippen molar-refractivity contribution in [1.82, 2.24) is 9.55 Å². The van der Waals surface area contributed by atoms with Crippen LogP contribution < -0.4 is 16.4 Å². The van der Waals surface area contributed by atoms with Gasteiger partial charge < -0.3 is 11.1 Å². The maximum atomic E-state index is 12.9. The van der Waals surface area contributed by atoms with E-state index in [2.05, 4.69) is 20.6 Å². The molecule has 1 spiro atoms. The molecule has 3 aromatic rings. The van der Waals surface area contributed by atoms with Crippen LogP contribution in [-0.2, 0) is 10.5 Å². The molecular weight excluding hydrogens is 292 g/mol. The van der Waals surface area contributed by atoms with Gasteiger partial charge in [0, 0.05) is 11.3 Å². The van der Waals surface area contributed by atoms with Gasteiger partial charge in [0.05, 0.1) is 11.0 Å². The lowest BCUT2D eigenvalue weighted by Gasteiger charge is -2.31. The second-order valence-corrected chi connectivity index (χ2v) is 5.55. The average Bonchev–Trinajstić information content (AvgIpc) is 3.04. The highest BCUT2D eigenvalue weighted by Crippen LogP contribution is 2.44. The Balaban J connectivity index is 1.95. The summed E-state index contributed by atoms with van der Waals surface area (Å²) < 4.78 is 1.81. The van der Waals surface area contributed by atoms with Crippen molar-refractivity contribution in [2.24, 2.45) is 10.7 Å². The van der Waals surface area contributed by atoms with Gasteiger partial charge in [-0.15, -0.1) is 0 Å². The third-order valence-electron chi connectivity index (χ3n) is 4.27. The first-order valence-corrected chi connectivity index (χ1v) is 7.21. The van der Waals surface area contributed by atoms with Crippen LogP contribution in [0.4, 0.5) is 11.6 Å². The number of imidazole rings is 1. The van der Waals surface area contributed by atoms with Crippen molar-refractivity contribution >= 4 is 34.5 Å². The molecule has 0 saturated heterocycles. The van der Waals surface area contributed by atoms with Crippen LogP contribution in [0.5, 0.6) is 0 Å². The molecule has 3 heterocycles. The molecule has 5 rings (SSSR count). The number of para-hydroxylation sites is 3. The Hall–Kier alpha value is -3.35. The van der Waals surface area contributed by atoms with E-state index in [-0.39, 0.29) is 11.9 Å². The van der Waals surface area contributed by atoms with Gasteiger partial charge in [-0.3, -0.25) is 14.7 Å². The van der Waals surface area contributed by atoms with Gasteiger partial charge in [-0.2, -0.15) is 0 Å². The number of anilines is 2. The zero-order valence-corrected chi connectivity index (χ0v) is 11.9. The minimum absolute atomic E-state index is 0.166. The fourth-order valence-corrected chi connectivity index (χ4v) is 3.37. The number of guanidine groups is 1. The van der Waals surface area contributed by atoms with Crippen LogP contribution in [0.3, 0.4) is 0 Å². The fraction of sp³-hybridized carbons (Fsp3) is 0.0625. The lowest BCUT2D eigenvalue weighted by molar-refractivity contribution is -0.121. The first-order valence-electron chi connectivity index (χ1n) is 7.21. The minimum Gasteiger partial charge on any atom is -0.370 e.